The summed E-state index contributed by atoms with van der Waals surface area (Å²) in [5.41, 5.74) is 2.39. The third-order valence-electron chi connectivity index (χ3n) is 3.65. The lowest BCUT2D eigenvalue weighted by Crippen LogP contribution is -2.04. The van der Waals surface area contributed by atoms with Gasteiger partial charge in [-0.15, -0.1) is 10.2 Å². The van der Waals surface area contributed by atoms with Gasteiger partial charge in [0.05, 0.1) is 13.2 Å². The smallest absolute Gasteiger partial charge is 0.254 e. The Morgan fingerprint density at radius 2 is 1.68 bits per heavy atom. The molecule has 0 radical (unpaired) electrons. The first kappa shape index (κ1) is 17.1. The van der Waals surface area contributed by atoms with Gasteiger partial charge >= 0.3 is 0 Å². The molecule has 7 heteroatoms. The second-order valence-corrected chi connectivity index (χ2v) is 5.53. The van der Waals surface area contributed by atoms with Crippen LogP contribution in [0.3, 0.4) is 0 Å². The average Bonchev–Trinajstić information content (AvgIpc) is 3.09. The van der Waals surface area contributed by atoms with Gasteiger partial charge in [0.2, 0.25) is 5.89 Å². The zero-order valence-electron chi connectivity index (χ0n) is 13.6. The predicted molar refractivity (Wildman–Crippen MR) is 87.0 cm³/mol. The fourth-order valence-corrected chi connectivity index (χ4v) is 2.39. The number of halogens is 1. The standard InChI is InChI=1S/C18H17FN2O4/c1-11-2-4-12(5-3-11)18-21-20-16(25-18)10-24-17-13(8-22)6-15(19)7-14(17)9-23/h2-7,22-23H,8-10H2,1H3. The largest absolute Gasteiger partial charge is 0.483 e. The van der Waals surface area contributed by atoms with Gasteiger partial charge in [-0.25, -0.2) is 4.39 Å². The highest BCUT2D eigenvalue weighted by molar-refractivity contribution is 5.52. The van der Waals surface area contributed by atoms with Crippen LogP contribution in [0.1, 0.15) is 22.6 Å². The van der Waals surface area contributed by atoms with E-state index in [2.05, 4.69) is 10.2 Å². The van der Waals surface area contributed by atoms with Gasteiger partial charge in [-0.2, -0.15) is 0 Å². The lowest BCUT2D eigenvalue weighted by Gasteiger charge is -2.13. The fraction of sp³-hybridized carbons (Fsp3) is 0.222. The zero-order valence-corrected chi connectivity index (χ0v) is 13.6. The van der Waals surface area contributed by atoms with Crippen molar-refractivity contribution in [2.75, 3.05) is 0 Å². The first-order chi connectivity index (χ1) is 12.1. The van der Waals surface area contributed by atoms with Crippen molar-refractivity contribution in [1.82, 2.24) is 10.2 Å². The Morgan fingerprint density at radius 3 is 2.28 bits per heavy atom. The molecule has 0 spiro atoms. The first-order valence-electron chi connectivity index (χ1n) is 7.66. The molecule has 0 atom stereocenters. The summed E-state index contributed by atoms with van der Waals surface area (Å²) >= 11 is 0. The quantitative estimate of drug-likeness (QED) is 0.715. The molecule has 0 saturated heterocycles. The number of hydrogen-bond donors (Lipinski definition) is 2. The van der Waals surface area contributed by atoms with Crippen molar-refractivity contribution in [3.05, 3.63) is 64.8 Å². The van der Waals surface area contributed by atoms with Crippen molar-refractivity contribution in [3.63, 3.8) is 0 Å². The molecule has 0 bridgehead atoms. The summed E-state index contributed by atoms with van der Waals surface area (Å²) in [4.78, 5) is 0. The Morgan fingerprint density at radius 1 is 1.04 bits per heavy atom. The van der Waals surface area contributed by atoms with Crippen molar-refractivity contribution in [2.24, 2.45) is 0 Å². The van der Waals surface area contributed by atoms with Gasteiger partial charge in [0.15, 0.2) is 6.61 Å². The number of nitrogens with zero attached hydrogens (tertiary/aromatic N) is 2. The van der Waals surface area contributed by atoms with Gasteiger partial charge < -0.3 is 19.4 Å². The summed E-state index contributed by atoms with van der Waals surface area (Å²) < 4.78 is 24.6. The second kappa shape index (κ2) is 7.42. The van der Waals surface area contributed by atoms with Gasteiger partial charge in [-0.3, -0.25) is 0 Å². The highest BCUT2D eigenvalue weighted by Crippen LogP contribution is 2.27. The molecule has 0 unspecified atom stereocenters. The molecule has 0 fully saturated rings. The molecule has 0 aliphatic carbocycles. The number of hydrogen-bond acceptors (Lipinski definition) is 6. The van der Waals surface area contributed by atoms with E-state index >= 15 is 0 Å². The molecular weight excluding hydrogens is 327 g/mol. The minimum Gasteiger partial charge on any atom is -0.483 e. The van der Waals surface area contributed by atoms with Crippen LogP contribution < -0.4 is 4.74 Å². The van der Waals surface area contributed by atoms with Crippen molar-refractivity contribution < 1.29 is 23.8 Å². The lowest BCUT2D eigenvalue weighted by atomic mass is 10.1. The summed E-state index contributed by atoms with van der Waals surface area (Å²) in [5.74, 6) is 0.247. The van der Waals surface area contributed by atoms with Crippen LogP contribution in [0.2, 0.25) is 0 Å². The maximum Gasteiger partial charge on any atom is 0.254 e. The SMILES string of the molecule is Cc1ccc(-c2nnc(COc3c(CO)cc(F)cc3CO)o2)cc1. The molecule has 0 saturated carbocycles. The molecule has 25 heavy (non-hydrogen) atoms. The Kier molecular flexibility index (Phi) is 5.06. The number of aliphatic hydroxyl groups is 2. The van der Waals surface area contributed by atoms with Crippen LogP contribution in [0.4, 0.5) is 4.39 Å². The molecule has 6 nitrogen and oxygen atoms in total. The van der Waals surface area contributed by atoms with Gasteiger partial charge in [0, 0.05) is 16.7 Å². The topological polar surface area (TPSA) is 88.6 Å². The maximum absolute atomic E-state index is 13.4. The van der Waals surface area contributed by atoms with Crippen LogP contribution in [-0.2, 0) is 19.8 Å². The van der Waals surface area contributed by atoms with Gasteiger partial charge in [0.1, 0.15) is 11.6 Å². The highest BCUT2D eigenvalue weighted by Gasteiger charge is 2.14. The van der Waals surface area contributed by atoms with E-state index in [1.165, 1.54) is 0 Å². The lowest BCUT2D eigenvalue weighted by molar-refractivity contribution is 0.226. The third kappa shape index (κ3) is 3.84. The highest BCUT2D eigenvalue weighted by atomic mass is 19.1. The van der Waals surface area contributed by atoms with E-state index in [-0.39, 0.29) is 29.4 Å². The Hall–Kier alpha value is -2.77. The van der Waals surface area contributed by atoms with E-state index < -0.39 is 19.0 Å². The number of aromatic nitrogens is 2. The van der Waals surface area contributed by atoms with E-state index in [0.717, 1.165) is 23.3 Å². The monoisotopic (exact) mass is 344 g/mol. The normalized spacial score (nSPS) is 10.9. The average molecular weight is 344 g/mol. The second-order valence-electron chi connectivity index (χ2n) is 5.53. The molecule has 1 aromatic heterocycles. The maximum atomic E-state index is 13.4. The molecular formula is C18H17FN2O4. The van der Waals surface area contributed by atoms with E-state index in [9.17, 15) is 14.6 Å². The van der Waals surface area contributed by atoms with Crippen molar-refractivity contribution in [2.45, 2.75) is 26.7 Å². The van der Waals surface area contributed by atoms with Crippen LogP contribution in [0.15, 0.2) is 40.8 Å². The van der Waals surface area contributed by atoms with Gasteiger partial charge in [-0.05, 0) is 31.2 Å². The summed E-state index contributed by atoms with van der Waals surface area (Å²) in [5, 5.41) is 26.6. The van der Waals surface area contributed by atoms with Crippen molar-refractivity contribution in [3.8, 4) is 17.2 Å². The van der Waals surface area contributed by atoms with E-state index in [1.54, 1.807) is 0 Å². The van der Waals surface area contributed by atoms with Gasteiger partial charge in [0.25, 0.3) is 5.89 Å². The van der Waals surface area contributed by atoms with Crippen molar-refractivity contribution in [1.29, 1.82) is 0 Å². The number of ether oxygens (including phenoxy) is 1. The zero-order chi connectivity index (χ0) is 17.8. The van der Waals surface area contributed by atoms with E-state index in [0.29, 0.717) is 5.89 Å². The summed E-state index contributed by atoms with van der Waals surface area (Å²) in [7, 11) is 0. The Labute approximate surface area is 143 Å². The molecule has 1 heterocycles. The third-order valence-corrected chi connectivity index (χ3v) is 3.65. The molecule has 0 aliphatic heterocycles. The number of aryl methyl sites for hydroxylation is 1. The molecule has 130 valence electrons. The summed E-state index contributed by atoms with van der Waals surface area (Å²) in [6, 6.07) is 9.94. The fourth-order valence-electron chi connectivity index (χ4n) is 2.39. The molecule has 2 N–H and O–H groups in total. The van der Waals surface area contributed by atoms with Crippen LogP contribution >= 0.6 is 0 Å². The summed E-state index contributed by atoms with van der Waals surface area (Å²) in [6.45, 7) is 1.08. The van der Waals surface area contributed by atoms with Crippen LogP contribution in [-0.4, -0.2) is 20.4 Å². The molecule has 0 aliphatic rings. The summed E-state index contributed by atoms with van der Waals surface area (Å²) in [6.07, 6.45) is 0. The van der Waals surface area contributed by atoms with Crippen molar-refractivity contribution >= 4 is 0 Å². The van der Waals surface area contributed by atoms with Crippen LogP contribution in [0, 0.1) is 12.7 Å². The minimum atomic E-state index is -0.556. The van der Waals surface area contributed by atoms with Crippen LogP contribution in [0.5, 0.6) is 5.75 Å². The Balaban J connectivity index is 1.78. The minimum absolute atomic E-state index is 0.0650. The molecule has 0 amide bonds. The van der Waals surface area contributed by atoms with Gasteiger partial charge in [-0.1, -0.05) is 17.7 Å². The van der Waals surface area contributed by atoms with E-state index in [4.69, 9.17) is 9.15 Å². The van der Waals surface area contributed by atoms with E-state index in [1.807, 2.05) is 31.2 Å². The number of aliphatic hydroxyl groups excluding tert-OH is 2. The molecule has 3 aromatic rings. The number of benzene rings is 2. The molecule has 3 rings (SSSR count). The first-order valence-corrected chi connectivity index (χ1v) is 7.66. The van der Waals surface area contributed by atoms with Crippen LogP contribution in [0.25, 0.3) is 11.5 Å². The predicted octanol–water partition coefficient (Wildman–Crippen LogP) is 2.75. The molecule has 2 aromatic carbocycles. The Bertz CT molecular complexity index is 837. The number of rotatable bonds is 6.